The molecule has 0 aliphatic heterocycles. The van der Waals surface area contributed by atoms with Gasteiger partial charge in [0.2, 0.25) is 5.91 Å². The van der Waals surface area contributed by atoms with Crippen LogP contribution < -0.4 is 11.1 Å². The van der Waals surface area contributed by atoms with Crippen molar-refractivity contribution in [2.45, 2.75) is 43.8 Å². The van der Waals surface area contributed by atoms with Gasteiger partial charge in [-0.2, -0.15) is 0 Å². The van der Waals surface area contributed by atoms with E-state index in [9.17, 15) is 4.79 Å². The van der Waals surface area contributed by atoms with Crippen LogP contribution in [0.25, 0.3) is 10.2 Å². The zero-order valence-corrected chi connectivity index (χ0v) is 16.8. The number of carbonyl (C=O) groups is 1. The number of rotatable bonds is 5. The number of aryl methyl sites for hydroxylation is 2. The summed E-state index contributed by atoms with van der Waals surface area (Å²) >= 11 is 3.06. The predicted molar refractivity (Wildman–Crippen MR) is 112 cm³/mol. The third kappa shape index (κ3) is 3.94. The molecule has 0 fully saturated rings. The van der Waals surface area contributed by atoms with Gasteiger partial charge in [0.1, 0.15) is 10.6 Å². The average molecular weight is 399 g/mol. The SMILES string of the molecule is C[C@@H](NC(=O)CSc1nc(N)c2c3c(sc2n1)CCCC3)c1ccccc1. The number of thioether (sulfide) groups is 1. The van der Waals surface area contributed by atoms with E-state index in [1.54, 1.807) is 11.3 Å². The fourth-order valence-electron chi connectivity index (χ4n) is 3.47. The van der Waals surface area contributed by atoms with Crippen LogP contribution in [0.2, 0.25) is 0 Å². The van der Waals surface area contributed by atoms with Gasteiger partial charge >= 0.3 is 0 Å². The van der Waals surface area contributed by atoms with E-state index >= 15 is 0 Å². The second-order valence-corrected chi connectivity index (χ2v) is 8.80. The number of carbonyl (C=O) groups excluding carboxylic acids is 1. The maximum Gasteiger partial charge on any atom is 0.230 e. The highest BCUT2D eigenvalue weighted by Crippen LogP contribution is 2.38. The van der Waals surface area contributed by atoms with Gasteiger partial charge in [-0.25, -0.2) is 9.97 Å². The van der Waals surface area contributed by atoms with Gasteiger partial charge in [-0.05, 0) is 43.7 Å². The van der Waals surface area contributed by atoms with Gasteiger partial charge in [-0.3, -0.25) is 4.79 Å². The van der Waals surface area contributed by atoms with Crippen molar-refractivity contribution in [2.75, 3.05) is 11.5 Å². The van der Waals surface area contributed by atoms with E-state index in [1.807, 2.05) is 37.3 Å². The molecule has 1 aliphatic rings. The molecule has 3 N–H and O–H groups in total. The average Bonchev–Trinajstić information content (AvgIpc) is 3.06. The molecule has 3 aromatic rings. The number of nitrogens with two attached hydrogens (primary N) is 1. The normalized spacial score (nSPS) is 14.7. The molecular formula is C20H22N4OS2. The van der Waals surface area contributed by atoms with E-state index in [0.717, 1.165) is 28.6 Å². The molecule has 2 aromatic heterocycles. The summed E-state index contributed by atoms with van der Waals surface area (Å²) < 4.78 is 0. The van der Waals surface area contributed by atoms with Crippen LogP contribution in [0.15, 0.2) is 35.5 Å². The quantitative estimate of drug-likeness (QED) is 0.499. The molecule has 0 saturated carbocycles. The monoisotopic (exact) mass is 398 g/mol. The van der Waals surface area contributed by atoms with Crippen molar-refractivity contribution in [1.29, 1.82) is 0 Å². The molecule has 0 spiro atoms. The summed E-state index contributed by atoms with van der Waals surface area (Å²) in [5, 5.41) is 4.61. The molecule has 4 rings (SSSR count). The highest BCUT2D eigenvalue weighted by Gasteiger charge is 2.20. The molecule has 140 valence electrons. The van der Waals surface area contributed by atoms with Crippen LogP contribution in [0.1, 0.15) is 41.8 Å². The van der Waals surface area contributed by atoms with Crippen LogP contribution in [-0.4, -0.2) is 21.6 Å². The molecule has 0 unspecified atom stereocenters. The smallest absolute Gasteiger partial charge is 0.230 e. The van der Waals surface area contributed by atoms with E-state index in [0.29, 0.717) is 11.0 Å². The minimum atomic E-state index is -0.0379. The molecule has 0 saturated heterocycles. The Morgan fingerprint density at radius 1 is 1.26 bits per heavy atom. The summed E-state index contributed by atoms with van der Waals surface area (Å²) in [6, 6.07) is 9.90. The summed E-state index contributed by atoms with van der Waals surface area (Å²) in [4.78, 5) is 23.8. The van der Waals surface area contributed by atoms with Gasteiger partial charge in [0.25, 0.3) is 0 Å². The Balaban J connectivity index is 1.43. The molecule has 1 atom stereocenters. The first kappa shape index (κ1) is 18.3. The first-order valence-electron chi connectivity index (χ1n) is 9.16. The molecule has 7 heteroatoms. The predicted octanol–water partition coefficient (Wildman–Crippen LogP) is 4.12. The highest BCUT2D eigenvalue weighted by atomic mass is 32.2. The zero-order chi connectivity index (χ0) is 18.8. The van der Waals surface area contributed by atoms with Crippen LogP contribution in [-0.2, 0) is 17.6 Å². The topological polar surface area (TPSA) is 80.9 Å². The first-order chi connectivity index (χ1) is 13.1. The van der Waals surface area contributed by atoms with E-state index in [1.165, 1.54) is 35.0 Å². The minimum absolute atomic E-state index is 0.0308. The van der Waals surface area contributed by atoms with Crippen molar-refractivity contribution in [3.8, 4) is 0 Å². The molecule has 1 amide bonds. The third-order valence-electron chi connectivity index (χ3n) is 4.83. The van der Waals surface area contributed by atoms with Gasteiger partial charge < -0.3 is 11.1 Å². The molecular weight excluding hydrogens is 376 g/mol. The standard InChI is InChI=1S/C20H22N4OS2/c1-12(13-7-3-2-4-8-13)22-16(25)11-26-20-23-18(21)17-14-9-5-6-10-15(14)27-19(17)24-20/h2-4,7-8,12H,5-6,9-11H2,1H3,(H,22,25)(H2,21,23,24)/t12-/m1/s1. The van der Waals surface area contributed by atoms with Crippen molar-refractivity contribution in [2.24, 2.45) is 0 Å². The van der Waals surface area contributed by atoms with Crippen LogP contribution in [0.3, 0.4) is 0 Å². The summed E-state index contributed by atoms with van der Waals surface area (Å²) in [5.74, 6) is 0.775. The Morgan fingerprint density at radius 3 is 2.85 bits per heavy atom. The molecule has 0 bridgehead atoms. The Kier molecular flexibility index (Phi) is 5.31. The summed E-state index contributed by atoms with van der Waals surface area (Å²) in [5.41, 5.74) is 8.65. The van der Waals surface area contributed by atoms with Crippen molar-refractivity contribution in [3.63, 3.8) is 0 Å². The first-order valence-corrected chi connectivity index (χ1v) is 11.0. The molecule has 0 radical (unpaired) electrons. The Hall–Kier alpha value is -2.12. The lowest BCUT2D eigenvalue weighted by Crippen LogP contribution is -2.28. The summed E-state index contributed by atoms with van der Waals surface area (Å²) in [6.07, 6.45) is 4.61. The maximum absolute atomic E-state index is 12.3. The zero-order valence-electron chi connectivity index (χ0n) is 15.2. The number of thiophene rings is 1. The molecule has 2 heterocycles. The second kappa shape index (κ2) is 7.86. The van der Waals surface area contributed by atoms with Gasteiger partial charge in [0, 0.05) is 4.88 Å². The molecule has 5 nitrogen and oxygen atoms in total. The number of nitrogen functional groups attached to an aromatic ring is 1. The van der Waals surface area contributed by atoms with E-state index in [2.05, 4.69) is 15.3 Å². The van der Waals surface area contributed by atoms with Gasteiger partial charge in [-0.1, -0.05) is 42.1 Å². The lowest BCUT2D eigenvalue weighted by molar-refractivity contribution is -0.119. The van der Waals surface area contributed by atoms with Crippen molar-refractivity contribution >= 4 is 45.0 Å². The number of aromatic nitrogens is 2. The minimum Gasteiger partial charge on any atom is -0.383 e. The van der Waals surface area contributed by atoms with Gasteiger partial charge in [0.05, 0.1) is 17.2 Å². The van der Waals surface area contributed by atoms with Crippen LogP contribution in [0, 0.1) is 0 Å². The lowest BCUT2D eigenvalue weighted by atomic mass is 9.97. The Morgan fingerprint density at radius 2 is 2.04 bits per heavy atom. The van der Waals surface area contributed by atoms with Crippen molar-refractivity contribution < 1.29 is 4.79 Å². The fraction of sp³-hybridized carbons (Fsp3) is 0.350. The van der Waals surface area contributed by atoms with Crippen LogP contribution in [0.5, 0.6) is 0 Å². The Labute approximate surface area is 166 Å². The third-order valence-corrected chi connectivity index (χ3v) is 6.86. The summed E-state index contributed by atoms with van der Waals surface area (Å²) in [7, 11) is 0. The van der Waals surface area contributed by atoms with E-state index in [-0.39, 0.29) is 17.7 Å². The highest BCUT2D eigenvalue weighted by molar-refractivity contribution is 7.99. The fourth-order valence-corrected chi connectivity index (χ4v) is 5.46. The Bertz CT molecular complexity index is 971. The number of nitrogens with one attached hydrogen (secondary N) is 1. The number of benzene rings is 1. The summed E-state index contributed by atoms with van der Waals surface area (Å²) in [6.45, 7) is 1.98. The molecule has 1 aliphatic carbocycles. The number of nitrogens with zero attached hydrogens (tertiary/aromatic N) is 2. The largest absolute Gasteiger partial charge is 0.383 e. The van der Waals surface area contributed by atoms with Crippen LogP contribution >= 0.6 is 23.1 Å². The maximum atomic E-state index is 12.3. The second-order valence-electron chi connectivity index (χ2n) is 6.77. The van der Waals surface area contributed by atoms with Crippen molar-refractivity contribution in [1.82, 2.24) is 15.3 Å². The molecule has 27 heavy (non-hydrogen) atoms. The van der Waals surface area contributed by atoms with Crippen LogP contribution in [0.4, 0.5) is 5.82 Å². The lowest BCUT2D eigenvalue weighted by Gasteiger charge is -2.14. The van der Waals surface area contributed by atoms with Gasteiger partial charge in [-0.15, -0.1) is 11.3 Å². The molecule has 1 aromatic carbocycles. The van der Waals surface area contributed by atoms with E-state index in [4.69, 9.17) is 5.73 Å². The number of hydrogen-bond donors (Lipinski definition) is 2. The van der Waals surface area contributed by atoms with Gasteiger partial charge in [0.15, 0.2) is 5.16 Å². The number of fused-ring (bicyclic) bond motifs is 3. The number of anilines is 1. The number of hydrogen-bond acceptors (Lipinski definition) is 6. The van der Waals surface area contributed by atoms with E-state index < -0.39 is 0 Å². The van der Waals surface area contributed by atoms with Crippen molar-refractivity contribution in [3.05, 3.63) is 46.3 Å². The number of amides is 1.